The van der Waals surface area contributed by atoms with Crippen molar-refractivity contribution in [3.63, 3.8) is 0 Å². The van der Waals surface area contributed by atoms with Crippen molar-refractivity contribution in [2.45, 2.75) is 26.7 Å². The molecule has 1 rings (SSSR count). The summed E-state index contributed by atoms with van der Waals surface area (Å²) in [6.07, 6.45) is 0.139. The third-order valence-corrected chi connectivity index (χ3v) is 2.59. The van der Waals surface area contributed by atoms with Gasteiger partial charge in [0.15, 0.2) is 0 Å². The summed E-state index contributed by atoms with van der Waals surface area (Å²) in [5.41, 5.74) is 1.22. The summed E-state index contributed by atoms with van der Waals surface area (Å²) >= 11 is 5.71. The highest BCUT2D eigenvalue weighted by Gasteiger charge is 2.13. The number of aromatic nitrogens is 1. The number of pyridine rings is 1. The molecule has 0 aliphatic rings. The molecule has 2 N–H and O–H groups in total. The molecule has 0 spiro atoms. The number of carboxylic acids is 1. The molecular formula is C12H15ClN2O3. The van der Waals surface area contributed by atoms with Crippen LogP contribution in [0.1, 0.15) is 25.5 Å². The van der Waals surface area contributed by atoms with Gasteiger partial charge in [-0.25, -0.2) is 4.98 Å². The van der Waals surface area contributed by atoms with Gasteiger partial charge in [-0.3, -0.25) is 9.59 Å². The van der Waals surface area contributed by atoms with Gasteiger partial charge < -0.3 is 10.4 Å². The third-order valence-electron chi connectivity index (χ3n) is 2.38. The minimum atomic E-state index is -0.903. The van der Waals surface area contributed by atoms with Gasteiger partial charge in [-0.2, -0.15) is 0 Å². The number of aryl methyl sites for hydroxylation is 1. The van der Waals surface area contributed by atoms with Crippen molar-refractivity contribution >= 4 is 29.2 Å². The summed E-state index contributed by atoms with van der Waals surface area (Å²) in [5.74, 6) is -1.33. The Balaban J connectivity index is 2.56. The van der Waals surface area contributed by atoms with Crippen LogP contribution in [0.15, 0.2) is 12.1 Å². The normalized spacial score (nSPS) is 11.9. The smallest absolute Gasteiger partial charge is 0.303 e. The molecule has 0 saturated carbocycles. The van der Waals surface area contributed by atoms with Crippen molar-refractivity contribution in [1.82, 2.24) is 4.98 Å². The van der Waals surface area contributed by atoms with E-state index in [-0.39, 0.29) is 24.7 Å². The maximum atomic E-state index is 11.7. The average Bonchev–Trinajstić information content (AvgIpc) is 2.20. The van der Waals surface area contributed by atoms with Crippen LogP contribution in [0.3, 0.4) is 0 Å². The predicted octanol–water partition coefficient (Wildman–Crippen LogP) is 2.48. The lowest BCUT2D eigenvalue weighted by atomic mass is 10.0. The lowest BCUT2D eigenvalue weighted by molar-refractivity contribution is -0.138. The fourth-order valence-electron chi connectivity index (χ4n) is 1.55. The zero-order valence-corrected chi connectivity index (χ0v) is 11.0. The number of nitrogens with one attached hydrogen (secondary N) is 1. The summed E-state index contributed by atoms with van der Waals surface area (Å²) in [6.45, 7) is 3.46. The highest BCUT2D eigenvalue weighted by Crippen LogP contribution is 2.17. The van der Waals surface area contributed by atoms with Crippen molar-refractivity contribution in [2.75, 3.05) is 5.32 Å². The average molecular weight is 271 g/mol. The summed E-state index contributed by atoms with van der Waals surface area (Å²) in [6, 6.07) is 3.26. The summed E-state index contributed by atoms with van der Waals surface area (Å²) < 4.78 is 0. The molecule has 0 aromatic carbocycles. The quantitative estimate of drug-likeness (QED) is 0.806. The summed E-state index contributed by atoms with van der Waals surface area (Å²) in [4.78, 5) is 26.2. The standard InChI is InChI=1S/C12H15ClN2O3/c1-7(6-12(17)18)5-11(16)15-9-3-4-10(13)14-8(9)2/h3-4,7H,5-6H2,1-2H3,(H,15,16)(H,17,18). The largest absolute Gasteiger partial charge is 0.481 e. The van der Waals surface area contributed by atoms with E-state index in [1.54, 1.807) is 26.0 Å². The van der Waals surface area contributed by atoms with Crippen molar-refractivity contribution in [2.24, 2.45) is 5.92 Å². The molecule has 1 amide bonds. The Morgan fingerprint density at radius 2 is 2.11 bits per heavy atom. The van der Waals surface area contributed by atoms with E-state index in [9.17, 15) is 9.59 Å². The zero-order chi connectivity index (χ0) is 13.7. The Kier molecular flexibility index (Phi) is 5.09. The molecule has 1 unspecified atom stereocenters. The molecule has 0 saturated heterocycles. The second kappa shape index (κ2) is 6.35. The van der Waals surface area contributed by atoms with Gasteiger partial charge in [-0.15, -0.1) is 0 Å². The second-order valence-corrected chi connectivity index (χ2v) is 4.61. The SMILES string of the molecule is Cc1nc(Cl)ccc1NC(=O)CC(C)CC(=O)O. The highest BCUT2D eigenvalue weighted by molar-refractivity contribution is 6.29. The molecule has 98 valence electrons. The lowest BCUT2D eigenvalue weighted by Crippen LogP contribution is -2.17. The van der Waals surface area contributed by atoms with Crippen molar-refractivity contribution in [3.05, 3.63) is 23.0 Å². The molecule has 1 aromatic heterocycles. The van der Waals surface area contributed by atoms with Gasteiger partial charge in [0.05, 0.1) is 11.4 Å². The number of hydrogen-bond acceptors (Lipinski definition) is 3. The Labute approximate surface area is 110 Å². The van der Waals surface area contributed by atoms with Gasteiger partial charge >= 0.3 is 5.97 Å². The van der Waals surface area contributed by atoms with E-state index >= 15 is 0 Å². The molecule has 0 radical (unpaired) electrons. The van der Waals surface area contributed by atoms with Crippen LogP contribution in [0, 0.1) is 12.8 Å². The minimum absolute atomic E-state index is 0.0225. The van der Waals surface area contributed by atoms with Gasteiger partial charge in [-0.05, 0) is 25.0 Å². The number of rotatable bonds is 5. The van der Waals surface area contributed by atoms with E-state index in [4.69, 9.17) is 16.7 Å². The topological polar surface area (TPSA) is 79.3 Å². The number of carboxylic acid groups (broad SMARTS) is 1. The van der Waals surface area contributed by atoms with Crippen LogP contribution in [-0.4, -0.2) is 22.0 Å². The van der Waals surface area contributed by atoms with Crippen LogP contribution < -0.4 is 5.32 Å². The third kappa shape index (κ3) is 4.71. The number of amides is 1. The van der Waals surface area contributed by atoms with Gasteiger partial charge in [0, 0.05) is 12.8 Å². The second-order valence-electron chi connectivity index (χ2n) is 4.22. The number of carbonyl (C=O) groups is 2. The summed E-state index contributed by atoms with van der Waals surface area (Å²) in [7, 11) is 0. The molecular weight excluding hydrogens is 256 g/mol. The highest BCUT2D eigenvalue weighted by atomic mass is 35.5. The fraction of sp³-hybridized carbons (Fsp3) is 0.417. The Bertz CT molecular complexity index is 463. The molecule has 0 aliphatic heterocycles. The van der Waals surface area contributed by atoms with E-state index < -0.39 is 5.97 Å². The van der Waals surface area contributed by atoms with Crippen LogP contribution in [0.4, 0.5) is 5.69 Å². The molecule has 1 aromatic rings. The van der Waals surface area contributed by atoms with E-state index in [1.807, 2.05) is 0 Å². The maximum absolute atomic E-state index is 11.7. The number of hydrogen-bond donors (Lipinski definition) is 2. The molecule has 18 heavy (non-hydrogen) atoms. The number of nitrogens with zero attached hydrogens (tertiary/aromatic N) is 1. The number of halogens is 1. The first-order valence-electron chi connectivity index (χ1n) is 5.53. The first-order valence-corrected chi connectivity index (χ1v) is 5.91. The molecule has 5 nitrogen and oxygen atoms in total. The molecule has 1 atom stereocenters. The van der Waals surface area contributed by atoms with E-state index in [1.165, 1.54) is 0 Å². The van der Waals surface area contributed by atoms with Crippen LogP contribution in [0.25, 0.3) is 0 Å². The molecule has 0 fully saturated rings. The summed E-state index contributed by atoms with van der Waals surface area (Å²) in [5, 5.41) is 11.7. The van der Waals surface area contributed by atoms with Crippen molar-refractivity contribution < 1.29 is 14.7 Å². The predicted molar refractivity (Wildman–Crippen MR) is 68.6 cm³/mol. The monoisotopic (exact) mass is 270 g/mol. The maximum Gasteiger partial charge on any atom is 0.303 e. The molecule has 6 heteroatoms. The van der Waals surface area contributed by atoms with Crippen LogP contribution in [0.2, 0.25) is 5.15 Å². The Hall–Kier alpha value is -1.62. The Morgan fingerprint density at radius 3 is 2.67 bits per heavy atom. The van der Waals surface area contributed by atoms with Gasteiger partial charge in [0.25, 0.3) is 0 Å². The molecule has 1 heterocycles. The lowest BCUT2D eigenvalue weighted by Gasteiger charge is -2.10. The van der Waals surface area contributed by atoms with Crippen molar-refractivity contribution in [3.8, 4) is 0 Å². The van der Waals surface area contributed by atoms with Crippen LogP contribution in [0.5, 0.6) is 0 Å². The number of anilines is 1. The van der Waals surface area contributed by atoms with Crippen LogP contribution in [-0.2, 0) is 9.59 Å². The number of aliphatic carboxylic acids is 1. The first-order chi connectivity index (χ1) is 8.38. The van der Waals surface area contributed by atoms with E-state index in [2.05, 4.69) is 10.3 Å². The van der Waals surface area contributed by atoms with Crippen molar-refractivity contribution in [1.29, 1.82) is 0 Å². The first kappa shape index (κ1) is 14.4. The molecule has 0 aliphatic carbocycles. The van der Waals surface area contributed by atoms with Gasteiger partial charge in [0.2, 0.25) is 5.91 Å². The molecule has 0 bridgehead atoms. The zero-order valence-electron chi connectivity index (χ0n) is 10.2. The van der Waals surface area contributed by atoms with E-state index in [0.29, 0.717) is 16.5 Å². The Morgan fingerprint density at radius 1 is 1.44 bits per heavy atom. The van der Waals surface area contributed by atoms with Crippen LogP contribution >= 0.6 is 11.6 Å². The van der Waals surface area contributed by atoms with Gasteiger partial charge in [0.1, 0.15) is 5.15 Å². The fourth-order valence-corrected chi connectivity index (χ4v) is 1.74. The number of carbonyl (C=O) groups excluding carboxylic acids is 1. The minimum Gasteiger partial charge on any atom is -0.481 e. The van der Waals surface area contributed by atoms with E-state index in [0.717, 1.165) is 0 Å². The van der Waals surface area contributed by atoms with Gasteiger partial charge in [-0.1, -0.05) is 18.5 Å².